The number of carbonyl (C=O) groups is 1. The molecule has 0 fully saturated rings. The van der Waals surface area contributed by atoms with E-state index in [0.29, 0.717) is 15.6 Å². The van der Waals surface area contributed by atoms with Gasteiger partial charge in [0.2, 0.25) is 5.95 Å². The van der Waals surface area contributed by atoms with Gasteiger partial charge in [-0.25, -0.2) is 9.97 Å². The maximum Gasteiger partial charge on any atom is 0.222 e. The van der Waals surface area contributed by atoms with Gasteiger partial charge in [0, 0.05) is 18.3 Å². The quantitative estimate of drug-likeness (QED) is 0.632. The van der Waals surface area contributed by atoms with E-state index in [4.69, 9.17) is 5.73 Å². The predicted molar refractivity (Wildman–Crippen MR) is 86.6 cm³/mol. The molecule has 2 N–H and O–H groups in total. The molecule has 6 nitrogen and oxygen atoms in total. The van der Waals surface area contributed by atoms with Crippen molar-refractivity contribution in [3.8, 4) is 6.07 Å². The van der Waals surface area contributed by atoms with E-state index in [1.807, 2.05) is 12.3 Å². The molecule has 0 aliphatic heterocycles. The highest BCUT2D eigenvalue weighted by Gasteiger charge is 2.15. The Hall–Kier alpha value is -2.11. The van der Waals surface area contributed by atoms with Crippen molar-refractivity contribution in [3.63, 3.8) is 0 Å². The number of nitrogens with two attached hydrogens (primary N) is 1. The van der Waals surface area contributed by atoms with E-state index in [2.05, 4.69) is 21.0 Å². The molecule has 2 aromatic rings. The lowest BCUT2D eigenvalue weighted by Crippen LogP contribution is -2.08. The standard InChI is InChI=1S/C14H13N5OS2/c1-21-12-11(7-15)13(19-14(16)18-12)22-8-10(20)6-9-4-2-3-5-17-9/h2-5H,6,8H2,1H3,(H2,16,18,19). The second kappa shape index (κ2) is 7.77. The van der Waals surface area contributed by atoms with Gasteiger partial charge in [0.1, 0.15) is 27.5 Å². The van der Waals surface area contributed by atoms with Gasteiger partial charge in [-0.15, -0.1) is 11.8 Å². The Kier molecular flexibility index (Phi) is 5.75. The Morgan fingerprint density at radius 2 is 2.14 bits per heavy atom. The third kappa shape index (κ3) is 4.19. The van der Waals surface area contributed by atoms with Gasteiger partial charge in [-0.2, -0.15) is 5.26 Å². The van der Waals surface area contributed by atoms with Crippen LogP contribution in [0.15, 0.2) is 34.4 Å². The molecule has 2 aromatic heterocycles. The van der Waals surface area contributed by atoms with E-state index >= 15 is 0 Å². The molecule has 0 bridgehead atoms. The summed E-state index contributed by atoms with van der Waals surface area (Å²) in [7, 11) is 0. The van der Waals surface area contributed by atoms with Crippen molar-refractivity contribution in [2.24, 2.45) is 0 Å². The minimum absolute atomic E-state index is 0.00970. The van der Waals surface area contributed by atoms with Crippen LogP contribution >= 0.6 is 23.5 Å². The highest BCUT2D eigenvalue weighted by Crippen LogP contribution is 2.27. The van der Waals surface area contributed by atoms with Crippen LogP contribution in [0.2, 0.25) is 0 Å². The highest BCUT2D eigenvalue weighted by molar-refractivity contribution is 8.00. The lowest BCUT2D eigenvalue weighted by molar-refractivity contribution is -0.116. The molecule has 2 rings (SSSR count). The van der Waals surface area contributed by atoms with Crippen LogP contribution in [0.3, 0.4) is 0 Å². The molecule has 0 saturated carbocycles. The third-order valence-electron chi connectivity index (χ3n) is 2.64. The van der Waals surface area contributed by atoms with Gasteiger partial charge in [-0.3, -0.25) is 9.78 Å². The van der Waals surface area contributed by atoms with Gasteiger partial charge in [-0.1, -0.05) is 17.8 Å². The van der Waals surface area contributed by atoms with E-state index < -0.39 is 0 Å². The van der Waals surface area contributed by atoms with E-state index in [0.717, 1.165) is 5.69 Å². The first-order valence-electron chi connectivity index (χ1n) is 6.30. The summed E-state index contributed by atoms with van der Waals surface area (Å²) < 4.78 is 0. The fourth-order valence-corrected chi connectivity index (χ4v) is 3.13. The second-order valence-corrected chi connectivity index (χ2v) is 5.97. The lowest BCUT2D eigenvalue weighted by Gasteiger charge is -2.06. The monoisotopic (exact) mass is 331 g/mol. The van der Waals surface area contributed by atoms with Crippen molar-refractivity contribution < 1.29 is 4.79 Å². The Morgan fingerprint density at radius 3 is 2.77 bits per heavy atom. The number of nitrogen functional groups attached to an aromatic ring is 1. The number of pyridine rings is 1. The first-order valence-corrected chi connectivity index (χ1v) is 8.51. The molecule has 0 saturated heterocycles. The maximum atomic E-state index is 12.0. The van der Waals surface area contributed by atoms with Crippen LogP contribution in [-0.4, -0.2) is 32.7 Å². The SMILES string of the molecule is CSc1nc(N)nc(SCC(=O)Cc2ccccn2)c1C#N. The predicted octanol–water partition coefficient (Wildman–Crippen LogP) is 1.95. The lowest BCUT2D eigenvalue weighted by atomic mass is 10.2. The number of hydrogen-bond donors (Lipinski definition) is 1. The summed E-state index contributed by atoms with van der Waals surface area (Å²) in [5.74, 6) is 0.314. The van der Waals surface area contributed by atoms with Gasteiger partial charge in [0.15, 0.2) is 0 Å². The summed E-state index contributed by atoms with van der Waals surface area (Å²) in [6.45, 7) is 0. The van der Waals surface area contributed by atoms with Crippen molar-refractivity contribution in [2.45, 2.75) is 16.5 Å². The molecule has 0 unspecified atom stereocenters. The van der Waals surface area contributed by atoms with Gasteiger partial charge in [-0.05, 0) is 18.4 Å². The molecule has 0 radical (unpaired) electrons. The van der Waals surface area contributed by atoms with Crippen LogP contribution in [0, 0.1) is 11.3 Å². The molecule has 0 aromatic carbocycles. The average molecular weight is 331 g/mol. The zero-order valence-corrected chi connectivity index (χ0v) is 13.4. The molecule has 0 aliphatic carbocycles. The molecule has 22 heavy (non-hydrogen) atoms. The number of carbonyl (C=O) groups excluding carboxylic acids is 1. The molecule has 0 amide bonds. The summed E-state index contributed by atoms with van der Waals surface area (Å²) in [6, 6.07) is 7.51. The fraction of sp³-hybridized carbons (Fsp3) is 0.214. The van der Waals surface area contributed by atoms with E-state index in [1.165, 1.54) is 23.5 Å². The number of anilines is 1. The Balaban J connectivity index is 2.07. The zero-order valence-electron chi connectivity index (χ0n) is 11.8. The van der Waals surface area contributed by atoms with Gasteiger partial charge in [0.05, 0.1) is 5.75 Å². The van der Waals surface area contributed by atoms with Gasteiger partial charge in [0.25, 0.3) is 0 Å². The minimum Gasteiger partial charge on any atom is -0.368 e. The molecular formula is C14H13N5OS2. The van der Waals surface area contributed by atoms with Crippen molar-refractivity contribution in [2.75, 3.05) is 17.7 Å². The van der Waals surface area contributed by atoms with Gasteiger partial charge < -0.3 is 5.73 Å². The van der Waals surface area contributed by atoms with Crippen LogP contribution in [0.4, 0.5) is 5.95 Å². The fourth-order valence-electron chi connectivity index (χ4n) is 1.69. The summed E-state index contributed by atoms with van der Waals surface area (Å²) in [6.07, 6.45) is 3.72. The molecule has 112 valence electrons. The molecule has 0 atom stereocenters. The summed E-state index contributed by atoms with van der Waals surface area (Å²) in [5, 5.41) is 10.2. The van der Waals surface area contributed by atoms with E-state index in [-0.39, 0.29) is 23.9 Å². The van der Waals surface area contributed by atoms with Crippen LogP contribution in [0.25, 0.3) is 0 Å². The number of rotatable bonds is 6. The smallest absolute Gasteiger partial charge is 0.222 e. The van der Waals surface area contributed by atoms with Crippen LogP contribution in [0.1, 0.15) is 11.3 Å². The Labute approximate surface area is 136 Å². The first kappa shape index (κ1) is 16.3. The Bertz CT molecular complexity index is 715. The van der Waals surface area contributed by atoms with E-state index in [1.54, 1.807) is 18.3 Å². The van der Waals surface area contributed by atoms with Crippen molar-refractivity contribution in [3.05, 3.63) is 35.7 Å². The zero-order chi connectivity index (χ0) is 15.9. The average Bonchev–Trinajstić information content (AvgIpc) is 2.53. The maximum absolute atomic E-state index is 12.0. The highest BCUT2D eigenvalue weighted by atomic mass is 32.2. The number of hydrogen-bond acceptors (Lipinski definition) is 8. The van der Waals surface area contributed by atoms with Crippen LogP contribution in [0.5, 0.6) is 0 Å². The number of Topliss-reactive ketones (excluding diaryl/α,β-unsaturated/α-hetero) is 1. The van der Waals surface area contributed by atoms with Crippen molar-refractivity contribution in [1.29, 1.82) is 5.26 Å². The molecule has 0 spiro atoms. The number of ketones is 1. The van der Waals surface area contributed by atoms with Crippen LogP contribution in [-0.2, 0) is 11.2 Å². The van der Waals surface area contributed by atoms with Crippen LogP contribution < -0.4 is 5.73 Å². The van der Waals surface area contributed by atoms with Gasteiger partial charge >= 0.3 is 0 Å². The number of nitrogens with zero attached hydrogens (tertiary/aromatic N) is 4. The molecule has 8 heteroatoms. The second-order valence-electron chi connectivity index (χ2n) is 4.21. The van der Waals surface area contributed by atoms with Crippen molar-refractivity contribution in [1.82, 2.24) is 15.0 Å². The van der Waals surface area contributed by atoms with E-state index in [9.17, 15) is 10.1 Å². The van der Waals surface area contributed by atoms with Crippen molar-refractivity contribution >= 4 is 35.3 Å². The number of thioether (sulfide) groups is 2. The number of aromatic nitrogens is 3. The third-order valence-corrected chi connectivity index (χ3v) is 4.36. The summed E-state index contributed by atoms with van der Waals surface area (Å²) in [4.78, 5) is 24.2. The largest absolute Gasteiger partial charge is 0.368 e. The molecule has 2 heterocycles. The summed E-state index contributed by atoms with van der Waals surface area (Å²) in [5.41, 5.74) is 6.72. The Morgan fingerprint density at radius 1 is 1.36 bits per heavy atom. The topological polar surface area (TPSA) is 106 Å². The number of nitriles is 1. The normalized spacial score (nSPS) is 10.2. The molecule has 0 aliphatic rings. The minimum atomic E-state index is 0.00970. The molecular weight excluding hydrogens is 318 g/mol. The first-order chi connectivity index (χ1) is 10.6. The summed E-state index contributed by atoms with van der Waals surface area (Å²) >= 11 is 2.52.